The molecule has 0 aliphatic carbocycles. The molecule has 100 valence electrons. The minimum Gasteiger partial charge on any atom is -0.398 e. The highest BCUT2D eigenvalue weighted by molar-refractivity contribution is 7.09. The highest BCUT2D eigenvalue weighted by atomic mass is 32.1. The number of nitrogen functional groups attached to an aromatic ring is 1. The van der Waals surface area contributed by atoms with E-state index in [0.717, 1.165) is 4.88 Å². The number of nitrogens with two attached hydrogens (primary N) is 1. The lowest BCUT2D eigenvalue weighted by molar-refractivity contribution is 0.0693. The van der Waals surface area contributed by atoms with Crippen LogP contribution in [0.1, 0.15) is 29.1 Å². The van der Waals surface area contributed by atoms with Gasteiger partial charge in [-0.25, -0.2) is 0 Å². The molecular weight excluding hydrogens is 258 g/mol. The van der Waals surface area contributed by atoms with Crippen LogP contribution >= 0.6 is 11.3 Å². The van der Waals surface area contributed by atoms with Crippen molar-refractivity contribution in [1.82, 2.24) is 9.88 Å². The predicted octanol–water partition coefficient (Wildman–Crippen LogP) is 2.78. The summed E-state index contributed by atoms with van der Waals surface area (Å²) in [6, 6.07) is 5.77. The van der Waals surface area contributed by atoms with Crippen LogP contribution in [0.15, 0.2) is 36.0 Å². The van der Waals surface area contributed by atoms with Crippen LogP contribution in [-0.4, -0.2) is 21.8 Å². The van der Waals surface area contributed by atoms with Crippen molar-refractivity contribution in [2.75, 3.05) is 5.73 Å². The summed E-state index contributed by atoms with van der Waals surface area (Å²) in [6.07, 6.45) is 3.12. The highest BCUT2D eigenvalue weighted by Gasteiger charge is 2.21. The van der Waals surface area contributed by atoms with E-state index < -0.39 is 0 Å². The quantitative estimate of drug-likeness (QED) is 0.933. The van der Waals surface area contributed by atoms with Gasteiger partial charge >= 0.3 is 0 Å². The van der Waals surface area contributed by atoms with Crippen molar-refractivity contribution in [2.45, 2.75) is 26.4 Å². The topological polar surface area (TPSA) is 59.2 Å². The molecule has 0 fully saturated rings. The Bertz CT molecular complexity index is 552. The Morgan fingerprint density at radius 3 is 2.84 bits per heavy atom. The summed E-state index contributed by atoms with van der Waals surface area (Å²) in [4.78, 5) is 19.5. The molecular formula is C14H17N3OS. The number of hydrogen-bond acceptors (Lipinski definition) is 4. The maximum atomic E-state index is 12.5. The van der Waals surface area contributed by atoms with E-state index in [9.17, 15) is 4.79 Å². The molecule has 2 aromatic heterocycles. The second-order valence-corrected chi connectivity index (χ2v) is 5.60. The molecule has 19 heavy (non-hydrogen) atoms. The fraction of sp³-hybridized carbons (Fsp3) is 0.286. The third kappa shape index (κ3) is 3.12. The SMILES string of the molecule is CC(C)N(Cc1cccs1)C(=O)c1cnccc1N. The minimum absolute atomic E-state index is 0.0750. The Morgan fingerprint density at radius 2 is 2.26 bits per heavy atom. The van der Waals surface area contributed by atoms with E-state index in [-0.39, 0.29) is 11.9 Å². The van der Waals surface area contributed by atoms with Crippen molar-refractivity contribution < 1.29 is 4.79 Å². The maximum absolute atomic E-state index is 12.5. The van der Waals surface area contributed by atoms with Crippen LogP contribution < -0.4 is 5.73 Å². The number of rotatable bonds is 4. The zero-order valence-electron chi connectivity index (χ0n) is 11.0. The van der Waals surface area contributed by atoms with E-state index in [1.807, 2.05) is 31.4 Å². The fourth-order valence-corrected chi connectivity index (χ4v) is 2.50. The van der Waals surface area contributed by atoms with Gasteiger partial charge in [0.15, 0.2) is 0 Å². The minimum atomic E-state index is -0.0750. The molecule has 2 N–H and O–H groups in total. The summed E-state index contributed by atoms with van der Waals surface area (Å²) in [6.45, 7) is 4.60. The largest absolute Gasteiger partial charge is 0.398 e. The summed E-state index contributed by atoms with van der Waals surface area (Å²) in [7, 11) is 0. The van der Waals surface area contributed by atoms with Gasteiger partial charge in [-0.2, -0.15) is 0 Å². The second-order valence-electron chi connectivity index (χ2n) is 4.57. The van der Waals surface area contributed by atoms with Crippen molar-refractivity contribution in [1.29, 1.82) is 0 Å². The summed E-state index contributed by atoms with van der Waals surface area (Å²) >= 11 is 1.64. The van der Waals surface area contributed by atoms with Crippen molar-refractivity contribution in [3.63, 3.8) is 0 Å². The van der Waals surface area contributed by atoms with E-state index in [2.05, 4.69) is 4.98 Å². The highest BCUT2D eigenvalue weighted by Crippen LogP contribution is 2.19. The van der Waals surface area contributed by atoms with Gasteiger partial charge in [0, 0.05) is 29.0 Å². The van der Waals surface area contributed by atoms with E-state index in [1.54, 1.807) is 28.5 Å². The fourth-order valence-electron chi connectivity index (χ4n) is 1.80. The number of aromatic nitrogens is 1. The number of carbonyl (C=O) groups excluding carboxylic acids is 1. The van der Waals surface area contributed by atoms with Crippen molar-refractivity contribution >= 4 is 22.9 Å². The Labute approximate surface area is 116 Å². The van der Waals surface area contributed by atoms with Gasteiger partial charge in [-0.15, -0.1) is 11.3 Å². The molecule has 0 radical (unpaired) electrons. The molecule has 2 rings (SSSR count). The third-order valence-corrected chi connectivity index (χ3v) is 3.74. The van der Waals surface area contributed by atoms with Crippen molar-refractivity contribution in [3.8, 4) is 0 Å². The first-order chi connectivity index (χ1) is 9.09. The number of carbonyl (C=O) groups is 1. The standard InChI is InChI=1S/C14H17N3OS/c1-10(2)17(9-11-4-3-7-19-11)14(18)12-8-16-6-5-13(12)15/h3-8,10H,9H2,1-2H3,(H2,15,16). The third-order valence-electron chi connectivity index (χ3n) is 2.88. The molecule has 2 heterocycles. The molecule has 0 saturated heterocycles. The number of nitrogens with zero attached hydrogens (tertiary/aromatic N) is 2. The first-order valence-electron chi connectivity index (χ1n) is 6.12. The predicted molar refractivity (Wildman–Crippen MR) is 78.0 cm³/mol. The van der Waals surface area contributed by atoms with Crippen LogP contribution in [0.2, 0.25) is 0 Å². The van der Waals surface area contributed by atoms with Gasteiger partial charge in [-0.05, 0) is 31.4 Å². The zero-order valence-corrected chi connectivity index (χ0v) is 11.9. The number of anilines is 1. The Balaban J connectivity index is 2.24. The van der Waals surface area contributed by atoms with Crippen LogP contribution in [0.3, 0.4) is 0 Å². The molecule has 0 aromatic carbocycles. The summed E-state index contributed by atoms with van der Waals surface area (Å²) < 4.78 is 0. The van der Waals surface area contributed by atoms with Crippen molar-refractivity contribution in [3.05, 3.63) is 46.4 Å². The maximum Gasteiger partial charge on any atom is 0.258 e. The smallest absolute Gasteiger partial charge is 0.258 e. The van der Waals surface area contributed by atoms with Gasteiger partial charge in [0.2, 0.25) is 0 Å². The van der Waals surface area contributed by atoms with Crippen LogP contribution in [0.25, 0.3) is 0 Å². The Hall–Kier alpha value is -1.88. The van der Waals surface area contributed by atoms with Crippen LogP contribution in [0, 0.1) is 0 Å². The monoisotopic (exact) mass is 275 g/mol. The normalized spacial score (nSPS) is 10.7. The number of hydrogen-bond donors (Lipinski definition) is 1. The first kappa shape index (κ1) is 13.5. The van der Waals surface area contributed by atoms with Gasteiger partial charge in [0.1, 0.15) is 0 Å². The van der Waals surface area contributed by atoms with E-state index in [1.165, 1.54) is 6.20 Å². The van der Waals surface area contributed by atoms with Gasteiger partial charge < -0.3 is 10.6 Å². The molecule has 0 bridgehead atoms. The van der Waals surface area contributed by atoms with Gasteiger partial charge in [-0.1, -0.05) is 6.07 Å². The number of amides is 1. The molecule has 2 aromatic rings. The van der Waals surface area contributed by atoms with E-state index >= 15 is 0 Å². The summed E-state index contributed by atoms with van der Waals surface area (Å²) in [5.41, 5.74) is 6.78. The van der Waals surface area contributed by atoms with Crippen molar-refractivity contribution in [2.24, 2.45) is 0 Å². The van der Waals surface area contributed by atoms with Crippen LogP contribution in [0.5, 0.6) is 0 Å². The molecule has 0 aliphatic heterocycles. The molecule has 0 spiro atoms. The molecule has 0 aliphatic rings. The lowest BCUT2D eigenvalue weighted by Gasteiger charge is -2.26. The van der Waals surface area contributed by atoms with E-state index in [0.29, 0.717) is 17.8 Å². The van der Waals surface area contributed by atoms with Gasteiger partial charge in [0.05, 0.1) is 12.1 Å². The summed E-state index contributed by atoms with van der Waals surface area (Å²) in [5.74, 6) is -0.0750. The molecule has 1 amide bonds. The Kier molecular flexibility index (Phi) is 4.16. The average Bonchev–Trinajstić information content (AvgIpc) is 2.88. The van der Waals surface area contributed by atoms with Crippen LogP contribution in [0.4, 0.5) is 5.69 Å². The number of pyridine rings is 1. The van der Waals surface area contributed by atoms with Crippen LogP contribution in [-0.2, 0) is 6.54 Å². The van der Waals surface area contributed by atoms with E-state index in [4.69, 9.17) is 5.73 Å². The molecule has 0 unspecified atom stereocenters. The average molecular weight is 275 g/mol. The lowest BCUT2D eigenvalue weighted by Crippen LogP contribution is -2.36. The van der Waals surface area contributed by atoms with Gasteiger partial charge in [-0.3, -0.25) is 9.78 Å². The first-order valence-corrected chi connectivity index (χ1v) is 7.00. The molecule has 4 nitrogen and oxygen atoms in total. The summed E-state index contributed by atoms with van der Waals surface area (Å²) in [5, 5.41) is 2.01. The lowest BCUT2D eigenvalue weighted by atomic mass is 10.2. The molecule has 0 saturated carbocycles. The number of thiophene rings is 1. The molecule has 0 atom stereocenters. The Morgan fingerprint density at radius 1 is 1.47 bits per heavy atom. The molecule has 5 heteroatoms. The van der Waals surface area contributed by atoms with Gasteiger partial charge in [0.25, 0.3) is 5.91 Å². The zero-order chi connectivity index (χ0) is 13.8. The second kappa shape index (κ2) is 5.84.